The Morgan fingerprint density at radius 1 is 1.40 bits per heavy atom. The van der Waals surface area contributed by atoms with Gasteiger partial charge in [-0.25, -0.2) is 0 Å². The monoisotopic (exact) mass is 154 g/mol. The summed E-state index contributed by atoms with van der Waals surface area (Å²) >= 11 is 0. The molecule has 56 valence electrons. The van der Waals surface area contributed by atoms with Crippen LogP contribution >= 0.6 is 0 Å². The van der Waals surface area contributed by atoms with Gasteiger partial charge in [0.05, 0.1) is 8.07 Å². The standard InChI is InChI=1S/C8H14OSi/c1-10(2,3)8-6-4-5-7(8)9/h6H,4-5H2,1-3H3. The van der Waals surface area contributed by atoms with Crippen LogP contribution in [0.4, 0.5) is 0 Å². The van der Waals surface area contributed by atoms with E-state index in [4.69, 9.17) is 0 Å². The Morgan fingerprint density at radius 2 is 2.00 bits per heavy atom. The van der Waals surface area contributed by atoms with Gasteiger partial charge in [0.2, 0.25) is 0 Å². The minimum Gasteiger partial charge on any atom is -0.295 e. The summed E-state index contributed by atoms with van der Waals surface area (Å²) in [5, 5.41) is 1.16. The van der Waals surface area contributed by atoms with E-state index in [9.17, 15) is 4.79 Å². The number of hydrogen-bond acceptors (Lipinski definition) is 1. The fourth-order valence-electron chi connectivity index (χ4n) is 1.32. The molecule has 0 aromatic carbocycles. The highest BCUT2D eigenvalue weighted by Crippen LogP contribution is 2.23. The van der Waals surface area contributed by atoms with Crippen molar-refractivity contribution in [3.05, 3.63) is 11.3 Å². The number of Topliss-reactive ketones (excluding diaryl/α,β-unsaturated/α-hetero) is 1. The van der Waals surface area contributed by atoms with Gasteiger partial charge >= 0.3 is 0 Å². The molecule has 0 heterocycles. The molecule has 1 nitrogen and oxygen atoms in total. The molecule has 0 saturated heterocycles. The SMILES string of the molecule is C[Si](C)(C)C1=CCCC1=O. The average molecular weight is 154 g/mol. The molecular weight excluding hydrogens is 140 g/mol. The van der Waals surface area contributed by atoms with Crippen molar-refractivity contribution in [3.8, 4) is 0 Å². The van der Waals surface area contributed by atoms with Crippen LogP contribution in [0.3, 0.4) is 0 Å². The first-order chi connectivity index (χ1) is 4.52. The molecule has 2 heteroatoms. The molecule has 0 amide bonds. The summed E-state index contributed by atoms with van der Waals surface area (Å²) in [6.45, 7) is 6.67. The summed E-state index contributed by atoms with van der Waals surface area (Å²) in [6.07, 6.45) is 3.88. The summed E-state index contributed by atoms with van der Waals surface area (Å²) in [7, 11) is -1.28. The summed E-state index contributed by atoms with van der Waals surface area (Å²) < 4.78 is 0. The first-order valence-electron chi connectivity index (χ1n) is 3.75. The van der Waals surface area contributed by atoms with Crippen molar-refractivity contribution in [2.45, 2.75) is 32.5 Å². The first-order valence-corrected chi connectivity index (χ1v) is 7.25. The summed E-state index contributed by atoms with van der Waals surface area (Å²) in [5.41, 5.74) is 0. The van der Waals surface area contributed by atoms with Crippen molar-refractivity contribution in [2.75, 3.05) is 0 Å². The van der Waals surface area contributed by atoms with E-state index in [1.807, 2.05) is 0 Å². The second kappa shape index (κ2) is 2.35. The van der Waals surface area contributed by atoms with Crippen LogP contribution in [0, 0.1) is 0 Å². The average Bonchev–Trinajstić information content (AvgIpc) is 2.11. The largest absolute Gasteiger partial charge is 0.295 e. The molecular formula is C8H14OSi. The fourth-order valence-corrected chi connectivity index (χ4v) is 3.04. The number of rotatable bonds is 1. The maximum absolute atomic E-state index is 11.2. The molecule has 1 aliphatic carbocycles. The van der Waals surface area contributed by atoms with Gasteiger partial charge in [-0.15, -0.1) is 0 Å². The Kier molecular flexibility index (Phi) is 1.81. The van der Waals surface area contributed by atoms with E-state index in [1.54, 1.807) is 0 Å². The lowest BCUT2D eigenvalue weighted by molar-refractivity contribution is -0.114. The second-order valence-corrected chi connectivity index (χ2v) is 8.87. The Hall–Kier alpha value is -0.373. The highest BCUT2D eigenvalue weighted by Gasteiger charge is 2.27. The second-order valence-electron chi connectivity index (χ2n) is 3.83. The molecule has 0 bridgehead atoms. The van der Waals surface area contributed by atoms with Gasteiger partial charge in [0.1, 0.15) is 0 Å². The third-order valence-electron chi connectivity index (χ3n) is 1.83. The summed E-state index contributed by atoms with van der Waals surface area (Å²) in [5.74, 6) is 0.402. The molecule has 0 radical (unpaired) electrons. The van der Waals surface area contributed by atoms with Gasteiger partial charge in [0.15, 0.2) is 5.78 Å². The van der Waals surface area contributed by atoms with Gasteiger partial charge < -0.3 is 0 Å². The van der Waals surface area contributed by atoms with Crippen molar-refractivity contribution in [1.82, 2.24) is 0 Å². The number of ketones is 1. The van der Waals surface area contributed by atoms with Crippen molar-refractivity contribution in [2.24, 2.45) is 0 Å². The molecule has 1 aliphatic rings. The fraction of sp³-hybridized carbons (Fsp3) is 0.625. The van der Waals surface area contributed by atoms with Crippen molar-refractivity contribution in [3.63, 3.8) is 0 Å². The molecule has 0 aliphatic heterocycles. The topological polar surface area (TPSA) is 17.1 Å². The molecule has 0 aromatic rings. The Bertz CT molecular complexity index is 186. The van der Waals surface area contributed by atoms with E-state index in [-0.39, 0.29) is 0 Å². The van der Waals surface area contributed by atoms with E-state index in [2.05, 4.69) is 25.7 Å². The van der Waals surface area contributed by atoms with Crippen molar-refractivity contribution in [1.29, 1.82) is 0 Å². The normalized spacial score (nSPS) is 19.5. The predicted molar refractivity (Wildman–Crippen MR) is 45.7 cm³/mol. The molecule has 0 atom stereocenters. The maximum Gasteiger partial charge on any atom is 0.154 e. The minimum absolute atomic E-state index is 0.402. The van der Waals surface area contributed by atoms with Crippen molar-refractivity contribution < 1.29 is 4.79 Å². The summed E-state index contributed by atoms with van der Waals surface area (Å²) in [6, 6.07) is 0. The van der Waals surface area contributed by atoms with Crippen LogP contribution in [-0.4, -0.2) is 13.9 Å². The van der Waals surface area contributed by atoms with Crippen LogP contribution in [0.15, 0.2) is 11.3 Å². The number of allylic oxidation sites excluding steroid dienone is 2. The van der Waals surface area contributed by atoms with Crippen LogP contribution in [0.2, 0.25) is 19.6 Å². The van der Waals surface area contributed by atoms with Crippen molar-refractivity contribution >= 4 is 13.9 Å². The lowest BCUT2D eigenvalue weighted by atomic mass is 10.3. The Labute approximate surface area is 63.1 Å². The molecule has 1 rings (SSSR count). The Morgan fingerprint density at radius 3 is 2.20 bits per heavy atom. The third-order valence-corrected chi connectivity index (χ3v) is 3.93. The van der Waals surface area contributed by atoms with Crippen LogP contribution in [0.5, 0.6) is 0 Å². The molecule has 10 heavy (non-hydrogen) atoms. The zero-order valence-corrected chi connectivity index (χ0v) is 7.90. The van der Waals surface area contributed by atoms with Crippen LogP contribution < -0.4 is 0 Å². The van der Waals surface area contributed by atoms with Crippen LogP contribution in [0.1, 0.15) is 12.8 Å². The zero-order valence-electron chi connectivity index (χ0n) is 6.90. The first kappa shape index (κ1) is 7.73. The molecule has 0 N–H and O–H groups in total. The van der Waals surface area contributed by atoms with Gasteiger partial charge in [0.25, 0.3) is 0 Å². The van der Waals surface area contributed by atoms with E-state index >= 15 is 0 Å². The van der Waals surface area contributed by atoms with Gasteiger partial charge in [-0.05, 0) is 11.6 Å². The summed E-state index contributed by atoms with van der Waals surface area (Å²) in [4.78, 5) is 11.2. The molecule has 0 fully saturated rings. The highest BCUT2D eigenvalue weighted by molar-refractivity contribution is 6.87. The lowest BCUT2D eigenvalue weighted by Crippen LogP contribution is -2.27. The van der Waals surface area contributed by atoms with Gasteiger partial charge in [-0.2, -0.15) is 0 Å². The smallest absolute Gasteiger partial charge is 0.154 e. The van der Waals surface area contributed by atoms with Gasteiger partial charge in [0, 0.05) is 6.42 Å². The number of carbonyl (C=O) groups is 1. The van der Waals surface area contributed by atoms with Gasteiger partial charge in [-0.1, -0.05) is 25.7 Å². The van der Waals surface area contributed by atoms with E-state index in [1.165, 1.54) is 0 Å². The predicted octanol–water partition coefficient (Wildman–Crippen LogP) is 2.15. The van der Waals surface area contributed by atoms with Crippen LogP contribution in [-0.2, 0) is 4.79 Å². The van der Waals surface area contributed by atoms with E-state index in [0.29, 0.717) is 5.78 Å². The highest BCUT2D eigenvalue weighted by atomic mass is 28.3. The van der Waals surface area contributed by atoms with Gasteiger partial charge in [-0.3, -0.25) is 4.79 Å². The molecule has 0 spiro atoms. The van der Waals surface area contributed by atoms with E-state index < -0.39 is 8.07 Å². The third kappa shape index (κ3) is 1.37. The zero-order chi connectivity index (χ0) is 7.78. The lowest BCUT2D eigenvalue weighted by Gasteiger charge is -2.15. The molecule has 0 aromatic heterocycles. The van der Waals surface area contributed by atoms with Crippen LogP contribution in [0.25, 0.3) is 0 Å². The minimum atomic E-state index is -1.28. The Balaban J connectivity index is 2.82. The molecule has 0 unspecified atom stereocenters. The number of carbonyl (C=O) groups excluding carboxylic acids is 1. The maximum atomic E-state index is 11.2. The van der Waals surface area contributed by atoms with E-state index in [0.717, 1.165) is 18.0 Å². The quantitative estimate of drug-likeness (QED) is 0.529. The number of hydrogen-bond donors (Lipinski definition) is 0. The molecule has 0 saturated carbocycles.